The van der Waals surface area contributed by atoms with Crippen LogP contribution in [0.1, 0.15) is 39.0 Å². The van der Waals surface area contributed by atoms with Crippen molar-refractivity contribution in [2.45, 2.75) is 39.0 Å². The van der Waals surface area contributed by atoms with E-state index in [1.165, 1.54) is 0 Å². The second-order valence-corrected chi connectivity index (χ2v) is 5.71. The molecule has 1 aliphatic rings. The summed E-state index contributed by atoms with van der Waals surface area (Å²) in [6, 6.07) is 0. The van der Waals surface area contributed by atoms with E-state index in [4.69, 9.17) is 22.7 Å². The Morgan fingerprint density at radius 1 is 1.44 bits per heavy atom. The molecule has 0 aromatic carbocycles. The molecule has 0 spiro atoms. The molecular weight excluding hydrogens is 248 g/mol. The van der Waals surface area contributed by atoms with Crippen LogP contribution in [0.25, 0.3) is 0 Å². The highest BCUT2D eigenvalue weighted by molar-refractivity contribution is 7.80. The Morgan fingerprint density at radius 2 is 2.11 bits per heavy atom. The summed E-state index contributed by atoms with van der Waals surface area (Å²) in [4.78, 5) is 12.5. The van der Waals surface area contributed by atoms with Crippen molar-refractivity contribution in [3.05, 3.63) is 0 Å². The number of hydrogen-bond donors (Lipinski definition) is 2. The molecule has 18 heavy (non-hydrogen) atoms. The molecule has 0 aromatic heterocycles. The first-order valence-corrected chi connectivity index (χ1v) is 7.01. The Hall–Kier alpha value is -0.680. The molecule has 0 unspecified atom stereocenters. The fourth-order valence-corrected chi connectivity index (χ4v) is 2.81. The van der Waals surface area contributed by atoms with Crippen LogP contribution in [0.15, 0.2) is 0 Å². The summed E-state index contributed by atoms with van der Waals surface area (Å²) in [6.45, 7) is 3.60. The Bertz CT molecular complexity index is 301. The first-order chi connectivity index (χ1) is 8.53. The van der Waals surface area contributed by atoms with Gasteiger partial charge in [-0.3, -0.25) is 4.79 Å². The lowest BCUT2D eigenvalue weighted by molar-refractivity contribution is -0.132. The number of methoxy groups -OCH3 is 1. The molecule has 0 heterocycles. The van der Waals surface area contributed by atoms with E-state index >= 15 is 0 Å². The Morgan fingerprint density at radius 3 is 2.61 bits per heavy atom. The van der Waals surface area contributed by atoms with Crippen molar-refractivity contribution in [1.29, 1.82) is 0 Å². The van der Waals surface area contributed by atoms with Gasteiger partial charge in [-0.1, -0.05) is 19.1 Å². The summed E-state index contributed by atoms with van der Waals surface area (Å²) >= 11 is 5.05. The number of hydrogen-bond acceptors (Lipinski definition) is 3. The Kier molecular flexibility index (Phi) is 6.02. The van der Waals surface area contributed by atoms with E-state index in [0.29, 0.717) is 17.5 Å². The molecule has 1 amide bonds. The fourth-order valence-electron chi connectivity index (χ4n) is 2.55. The van der Waals surface area contributed by atoms with E-state index in [0.717, 1.165) is 38.7 Å². The van der Waals surface area contributed by atoms with E-state index in [1.807, 2.05) is 0 Å². The Labute approximate surface area is 115 Å². The minimum atomic E-state index is -0.568. The van der Waals surface area contributed by atoms with Crippen molar-refractivity contribution in [2.24, 2.45) is 17.1 Å². The van der Waals surface area contributed by atoms with Crippen LogP contribution >= 0.6 is 12.2 Å². The standard InChI is InChI=1S/C13H24N2O2S/c1-10-8-13(9-10,11(14)18)12(16)15-6-4-3-5-7-17-2/h10H,3-9H2,1-2H3,(H2,14,18)(H,15,16). The maximum Gasteiger partial charge on any atom is 0.233 e. The van der Waals surface area contributed by atoms with Crippen molar-refractivity contribution in [2.75, 3.05) is 20.3 Å². The second kappa shape index (κ2) is 7.04. The zero-order chi connectivity index (χ0) is 13.6. The summed E-state index contributed by atoms with van der Waals surface area (Å²) in [5.74, 6) is 0.554. The molecule has 0 atom stereocenters. The van der Waals surface area contributed by atoms with Crippen LogP contribution in [-0.2, 0) is 9.53 Å². The lowest BCUT2D eigenvalue weighted by Gasteiger charge is -2.44. The number of nitrogens with two attached hydrogens (primary N) is 1. The van der Waals surface area contributed by atoms with Gasteiger partial charge in [0.15, 0.2) is 0 Å². The van der Waals surface area contributed by atoms with Gasteiger partial charge in [-0.15, -0.1) is 0 Å². The number of amides is 1. The second-order valence-electron chi connectivity index (χ2n) is 5.27. The molecule has 0 bridgehead atoms. The number of thiocarbonyl (C=S) groups is 1. The topological polar surface area (TPSA) is 64.3 Å². The number of carbonyl (C=O) groups is 1. The van der Waals surface area contributed by atoms with Gasteiger partial charge in [0, 0.05) is 20.3 Å². The van der Waals surface area contributed by atoms with Crippen LogP contribution in [0, 0.1) is 11.3 Å². The summed E-state index contributed by atoms with van der Waals surface area (Å²) in [7, 11) is 1.70. The summed E-state index contributed by atoms with van der Waals surface area (Å²) in [6.07, 6.45) is 4.64. The van der Waals surface area contributed by atoms with Crippen LogP contribution in [0.3, 0.4) is 0 Å². The van der Waals surface area contributed by atoms with Crippen molar-refractivity contribution >= 4 is 23.1 Å². The van der Waals surface area contributed by atoms with Gasteiger partial charge in [0.25, 0.3) is 0 Å². The quantitative estimate of drug-likeness (QED) is 0.520. The molecular formula is C13H24N2O2S. The molecule has 1 rings (SSSR count). The average Bonchev–Trinajstić information content (AvgIpc) is 2.28. The molecule has 1 aliphatic carbocycles. The molecule has 0 aliphatic heterocycles. The van der Waals surface area contributed by atoms with E-state index < -0.39 is 5.41 Å². The SMILES string of the molecule is COCCCCCNC(=O)C1(C(N)=S)CC(C)C1. The summed E-state index contributed by atoms with van der Waals surface area (Å²) < 4.78 is 4.97. The monoisotopic (exact) mass is 272 g/mol. The third kappa shape index (κ3) is 3.65. The van der Waals surface area contributed by atoms with Crippen molar-refractivity contribution in [3.63, 3.8) is 0 Å². The third-order valence-electron chi connectivity index (χ3n) is 3.61. The molecule has 5 heteroatoms. The molecule has 3 N–H and O–H groups in total. The highest BCUT2D eigenvalue weighted by Gasteiger charge is 2.50. The predicted molar refractivity (Wildman–Crippen MR) is 76.4 cm³/mol. The highest BCUT2D eigenvalue weighted by Crippen LogP contribution is 2.45. The Balaban J connectivity index is 2.25. The molecule has 1 saturated carbocycles. The lowest BCUT2D eigenvalue weighted by atomic mass is 9.62. The van der Waals surface area contributed by atoms with Gasteiger partial charge >= 0.3 is 0 Å². The van der Waals surface area contributed by atoms with Crippen LogP contribution in [0.2, 0.25) is 0 Å². The van der Waals surface area contributed by atoms with Gasteiger partial charge in [0.05, 0.1) is 10.4 Å². The van der Waals surface area contributed by atoms with Gasteiger partial charge in [-0.05, 0) is 38.0 Å². The summed E-state index contributed by atoms with van der Waals surface area (Å²) in [5.41, 5.74) is 5.15. The zero-order valence-electron chi connectivity index (χ0n) is 11.3. The first-order valence-electron chi connectivity index (χ1n) is 6.60. The third-order valence-corrected chi connectivity index (χ3v) is 4.00. The van der Waals surface area contributed by atoms with E-state index in [9.17, 15) is 4.79 Å². The number of unbranched alkanes of at least 4 members (excludes halogenated alkanes) is 2. The van der Waals surface area contributed by atoms with Crippen LogP contribution in [-0.4, -0.2) is 31.2 Å². The minimum Gasteiger partial charge on any atom is -0.392 e. The highest BCUT2D eigenvalue weighted by atomic mass is 32.1. The molecule has 0 radical (unpaired) electrons. The minimum absolute atomic E-state index is 0.0137. The molecule has 0 saturated heterocycles. The largest absolute Gasteiger partial charge is 0.392 e. The normalized spacial score (nSPS) is 26.4. The number of rotatable bonds is 8. The number of ether oxygens (including phenoxy) is 1. The van der Waals surface area contributed by atoms with Crippen LogP contribution < -0.4 is 11.1 Å². The smallest absolute Gasteiger partial charge is 0.233 e. The van der Waals surface area contributed by atoms with Crippen LogP contribution in [0.4, 0.5) is 0 Å². The molecule has 104 valence electrons. The predicted octanol–water partition coefficient (Wildman–Crippen LogP) is 1.62. The van der Waals surface area contributed by atoms with E-state index in [-0.39, 0.29) is 5.91 Å². The van der Waals surface area contributed by atoms with Gasteiger partial charge in [-0.2, -0.15) is 0 Å². The van der Waals surface area contributed by atoms with Crippen molar-refractivity contribution < 1.29 is 9.53 Å². The molecule has 1 fully saturated rings. The van der Waals surface area contributed by atoms with Crippen molar-refractivity contribution in [1.82, 2.24) is 5.32 Å². The van der Waals surface area contributed by atoms with Gasteiger partial charge < -0.3 is 15.8 Å². The summed E-state index contributed by atoms with van der Waals surface area (Å²) in [5, 5.41) is 2.96. The maximum atomic E-state index is 12.1. The van der Waals surface area contributed by atoms with E-state index in [1.54, 1.807) is 7.11 Å². The number of carbonyl (C=O) groups excluding carboxylic acids is 1. The fraction of sp³-hybridized carbons (Fsp3) is 0.846. The number of nitrogens with one attached hydrogen (secondary N) is 1. The van der Waals surface area contributed by atoms with Crippen LogP contribution in [0.5, 0.6) is 0 Å². The molecule has 0 aromatic rings. The zero-order valence-corrected chi connectivity index (χ0v) is 12.1. The average molecular weight is 272 g/mol. The lowest BCUT2D eigenvalue weighted by Crippen LogP contribution is -2.56. The molecule has 4 nitrogen and oxygen atoms in total. The van der Waals surface area contributed by atoms with Gasteiger partial charge in [-0.25, -0.2) is 0 Å². The van der Waals surface area contributed by atoms with E-state index in [2.05, 4.69) is 12.2 Å². The first kappa shape index (κ1) is 15.4. The van der Waals surface area contributed by atoms with Crippen molar-refractivity contribution in [3.8, 4) is 0 Å². The van der Waals surface area contributed by atoms with Gasteiger partial charge in [0.2, 0.25) is 5.91 Å². The maximum absolute atomic E-state index is 12.1. The van der Waals surface area contributed by atoms with Gasteiger partial charge in [0.1, 0.15) is 0 Å².